The maximum Gasteiger partial charge on any atom is 0.262 e. The molecule has 1 saturated heterocycles. The second-order valence-electron chi connectivity index (χ2n) is 8.26. The number of nitrogens with zero attached hydrogens (tertiary/aromatic N) is 2. The molecule has 0 radical (unpaired) electrons. The van der Waals surface area contributed by atoms with Crippen molar-refractivity contribution < 1.29 is 17.5 Å². The lowest BCUT2D eigenvalue weighted by Gasteiger charge is -2.28. The van der Waals surface area contributed by atoms with E-state index in [1.165, 1.54) is 17.5 Å². The van der Waals surface area contributed by atoms with Gasteiger partial charge in [0, 0.05) is 25.5 Å². The predicted octanol–water partition coefficient (Wildman–Crippen LogP) is 4.99. The Bertz CT molecular complexity index is 1240. The highest BCUT2D eigenvalue weighted by atomic mass is 32.2. The maximum atomic E-state index is 14.0. The lowest BCUT2D eigenvalue weighted by atomic mass is 9.93. The lowest BCUT2D eigenvalue weighted by molar-refractivity contribution is 0.0622. The van der Waals surface area contributed by atoms with Crippen LogP contribution in [0.2, 0.25) is 0 Å². The summed E-state index contributed by atoms with van der Waals surface area (Å²) in [5.74, 6) is -0.156. The number of aryl methyl sites for hydroxylation is 2. The zero-order chi connectivity index (χ0) is 23.6. The summed E-state index contributed by atoms with van der Waals surface area (Å²) in [7, 11) is -4.01. The minimum absolute atomic E-state index is 0.0844. The SMILES string of the molecule is Cc1ccc(-c2sc(NC(C)C3CCOCC3)nc2C)cc1S(=O)(=O)Nc1cnccc1F. The van der Waals surface area contributed by atoms with Crippen LogP contribution in [0, 0.1) is 25.6 Å². The molecule has 0 spiro atoms. The summed E-state index contributed by atoms with van der Waals surface area (Å²) in [4.78, 5) is 9.44. The van der Waals surface area contributed by atoms with E-state index in [2.05, 4.69) is 26.9 Å². The van der Waals surface area contributed by atoms with E-state index in [1.54, 1.807) is 19.1 Å². The Kier molecular flexibility index (Phi) is 6.96. The second-order valence-corrected chi connectivity index (χ2v) is 10.9. The van der Waals surface area contributed by atoms with Crippen molar-refractivity contribution >= 4 is 32.2 Å². The van der Waals surface area contributed by atoms with Crippen LogP contribution in [-0.2, 0) is 14.8 Å². The average Bonchev–Trinajstić information content (AvgIpc) is 3.16. The zero-order valence-corrected chi connectivity index (χ0v) is 20.4. The molecule has 1 aromatic carbocycles. The van der Waals surface area contributed by atoms with Crippen molar-refractivity contribution in [3.63, 3.8) is 0 Å². The van der Waals surface area contributed by atoms with Crippen LogP contribution in [0.3, 0.4) is 0 Å². The van der Waals surface area contributed by atoms with Gasteiger partial charge in [0.25, 0.3) is 10.0 Å². The highest BCUT2D eigenvalue weighted by molar-refractivity contribution is 7.92. The van der Waals surface area contributed by atoms with Gasteiger partial charge in [0.1, 0.15) is 11.5 Å². The van der Waals surface area contributed by atoms with Crippen LogP contribution in [0.25, 0.3) is 10.4 Å². The molecule has 1 fully saturated rings. The number of sulfonamides is 1. The number of ether oxygens (including phenoxy) is 1. The first kappa shape index (κ1) is 23.6. The first-order chi connectivity index (χ1) is 15.7. The maximum absolute atomic E-state index is 14.0. The quantitative estimate of drug-likeness (QED) is 0.485. The van der Waals surface area contributed by atoms with Gasteiger partial charge in [0.2, 0.25) is 0 Å². The fourth-order valence-corrected chi connectivity index (χ4v) is 6.32. The van der Waals surface area contributed by atoms with Crippen molar-refractivity contribution in [2.75, 3.05) is 23.3 Å². The number of halogens is 1. The molecule has 176 valence electrons. The average molecular weight is 491 g/mol. The van der Waals surface area contributed by atoms with E-state index < -0.39 is 15.8 Å². The molecular weight excluding hydrogens is 463 g/mol. The number of pyridine rings is 1. The Morgan fingerprint density at radius 2 is 1.97 bits per heavy atom. The van der Waals surface area contributed by atoms with Crippen molar-refractivity contribution in [1.29, 1.82) is 0 Å². The summed E-state index contributed by atoms with van der Waals surface area (Å²) in [6.07, 6.45) is 4.46. The fourth-order valence-electron chi connectivity index (χ4n) is 3.94. The third-order valence-corrected chi connectivity index (χ3v) is 8.52. The summed E-state index contributed by atoms with van der Waals surface area (Å²) >= 11 is 1.50. The van der Waals surface area contributed by atoms with Gasteiger partial charge in [0.15, 0.2) is 5.13 Å². The molecule has 2 aromatic heterocycles. The molecule has 33 heavy (non-hydrogen) atoms. The Hall–Kier alpha value is -2.56. The number of aromatic nitrogens is 2. The minimum Gasteiger partial charge on any atom is -0.381 e. The van der Waals surface area contributed by atoms with E-state index >= 15 is 0 Å². The van der Waals surface area contributed by atoms with Crippen LogP contribution >= 0.6 is 11.3 Å². The number of anilines is 2. The van der Waals surface area contributed by atoms with Crippen LogP contribution in [-0.4, -0.2) is 37.6 Å². The van der Waals surface area contributed by atoms with E-state index in [4.69, 9.17) is 4.74 Å². The normalized spacial score (nSPS) is 15.9. The van der Waals surface area contributed by atoms with E-state index in [9.17, 15) is 12.8 Å². The zero-order valence-electron chi connectivity index (χ0n) is 18.8. The first-order valence-electron chi connectivity index (χ1n) is 10.8. The smallest absolute Gasteiger partial charge is 0.262 e. The van der Waals surface area contributed by atoms with Gasteiger partial charge >= 0.3 is 0 Å². The molecule has 1 aliphatic rings. The van der Waals surface area contributed by atoms with E-state index in [-0.39, 0.29) is 16.6 Å². The summed E-state index contributed by atoms with van der Waals surface area (Å²) < 4.78 is 47.8. The molecule has 2 N–H and O–H groups in total. The van der Waals surface area contributed by atoms with Crippen molar-refractivity contribution in [3.05, 3.63) is 53.7 Å². The van der Waals surface area contributed by atoms with Gasteiger partial charge in [-0.1, -0.05) is 23.5 Å². The van der Waals surface area contributed by atoms with Crippen molar-refractivity contribution in [3.8, 4) is 10.4 Å². The van der Waals surface area contributed by atoms with Gasteiger partial charge in [-0.15, -0.1) is 0 Å². The van der Waals surface area contributed by atoms with Gasteiger partial charge in [-0.25, -0.2) is 17.8 Å². The number of thiazole rings is 1. The Labute approximate surface area is 197 Å². The standard InChI is InChI=1S/C23H27FN4O3S2/c1-14-4-5-18(12-21(14)33(29,30)28-20-13-25-9-6-19(20)24)22-16(3)27-23(32-22)26-15(2)17-7-10-31-11-8-17/h4-6,9,12-13,15,17,28H,7-8,10-11H2,1-3H3,(H,26,27). The van der Waals surface area contributed by atoms with Crippen LogP contribution in [0.5, 0.6) is 0 Å². The molecule has 1 unspecified atom stereocenters. The molecule has 0 amide bonds. The molecule has 0 aliphatic carbocycles. The molecule has 7 nitrogen and oxygen atoms in total. The van der Waals surface area contributed by atoms with Crippen LogP contribution in [0.1, 0.15) is 31.0 Å². The third-order valence-electron chi connectivity index (χ3n) is 5.87. The molecule has 1 aliphatic heterocycles. The lowest BCUT2D eigenvalue weighted by Crippen LogP contribution is -2.30. The van der Waals surface area contributed by atoms with Gasteiger partial charge in [-0.05, 0) is 62.8 Å². The van der Waals surface area contributed by atoms with Gasteiger partial charge in [0.05, 0.1) is 21.7 Å². The number of rotatable bonds is 7. The number of hydrogen-bond donors (Lipinski definition) is 2. The highest BCUT2D eigenvalue weighted by Crippen LogP contribution is 2.36. The molecule has 3 heterocycles. The molecule has 3 aromatic rings. The molecule has 4 rings (SSSR count). The molecular formula is C23H27FN4O3S2. The largest absolute Gasteiger partial charge is 0.381 e. The predicted molar refractivity (Wildman–Crippen MR) is 129 cm³/mol. The first-order valence-corrected chi connectivity index (χ1v) is 13.1. The molecule has 10 heteroatoms. The molecule has 0 saturated carbocycles. The van der Waals surface area contributed by atoms with Gasteiger partial charge < -0.3 is 10.1 Å². The van der Waals surface area contributed by atoms with Crippen molar-refractivity contribution in [2.24, 2.45) is 5.92 Å². The number of nitrogens with one attached hydrogen (secondary N) is 2. The summed E-state index contributed by atoms with van der Waals surface area (Å²) in [5, 5.41) is 4.32. The topological polar surface area (TPSA) is 93.2 Å². The summed E-state index contributed by atoms with van der Waals surface area (Å²) in [6.45, 7) is 7.35. The second kappa shape index (κ2) is 9.74. The highest BCUT2D eigenvalue weighted by Gasteiger charge is 2.23. The fraction of sp³-hybridized carbons (Fsp3) is 0.391. The van der Waals surface area contributed by atoms with E-state index in [1.807, 2.05) is 13.0 Å². The number of benzene rings is 1. The molecule has 0 bridgehead atoms. The van der Waals surface area contributed by atoms with E-state index in [0.717, 1.165) is 59.6 Å². The monoisotopic (exact) mass is 490 g/mol. The summed E-state index contributed by atoms with van der Waals surface area (Å²) in [5.41, 5.74) is 1.93. The van der Waals surface area contributed by atoms with Gasteiger partial charge in [-0.3, -0.25) is 9.71 Å². The van der Waals surface area contributed by atoms with Crippen LogP contribution in [0.4, 0.5) is 15.2 Å². The Balaban J connectivity index is 1.59. The van der Waals surface area contributed by atoms with Crippen molar-refractivity contribution in [2.45, 2.75) is 44.6 Å². The number of hydrogen-bond acceptors (Lipinski definition) is 7. The van der Waals surface area contributed by atoms with Crippen LogP contribution in [0.15, 0.2) is 41.6 Å². The Morgan fingerprint density at radius 1 is 1.21 bits per heavy atom. The Morgan fingerprint density at radius 3 is 2.70 bits per heavy atom. The van der Waals surface area contributed by atoms with Gasteiger partial charge in [-0.2, -0.15) is 0 Å². The van der Waals surface area contributed by atoms with E-state index in [0.29, 0.717) is 11.5 Å². The minimum atomic E-state index is -4.01. The third kappa shape index (κ3) is 5.34. The molecule has 1 atom stereocenters. The van der Waals surface area contributed by atoms with Crippen molar-refractivity contribution in [1.82, 2.24) is 9.97 Å². The summed E-state index contributed by atoms with van der Waals surface area (Å²) in [6, 6.07) is 6.61. The van der Waals surface area contributed by atoms with Crippen LogP contribution < -0.4 is 10.0 Å².